The molecule has 264 valence electrons. The SMILES string of the molecule is C[C@@H]1[C@@H]([Si](C)(C)O)[C@H](CC(=O)N(CCO)Cc2ccccc2)O[C@@]12C(=O)N(Cc1cccc(-n3[nH]c4ccccc4c3=O)c1)c1ccc(Cl)cc12. The van der Waals surface area contributed by atoms with E-state index in [4.69, 9.17) is 16.3 Å². The maximum absolute atomic E-state index is 14.9. The average Bonchev–Trinajstić information content (AvgIpc) is 3.68. The summed E-state index contributed by atoms with van der Waals surface area (Å²) in [6.07, 6.45) is -0.825. The molecule has 1 saturated heterocycles. The van der Waals surface area contributed by atoms with E-state index < -0.39 is 31.5 Å². The number of aromatic nitrogens is 2. The number of hydrogen-bond donors (Lipinski definition) is 3. The number of benzene rings is 4. The number of anilines is 1. The molecular weight excluding hydrogens is 684 g/mol. The topological polar surface area (TPSA) is 128 Å². The Morgan fingerprint density at radius 1 is 0.980 bits per heavy atom. The second-order valence-electron chi connectivity index (χ2n) is 14.1. The quantitative estimate of drug-likeness (QED) is 0.158. The van der Waals surface area contributed by atoms with Crippen LogP contribution in [0.3, 0.4) is 0 Å². The zero-order valence-electron chi connectivity index (χ0n) is 28.8. The number of hydrogen-bond acceptors (Lipinski definition) is 6. The molecule has 2 aliphatic heterocycles. The van der Waals surface area contributed by atoms with Crippen molar-refractivity contribution in [1.82, 2.24) is 14.7 Å². The maximum atomic E-state index is 14.9. The normalized spacial score (nSPS) is 21.5. The molecule has 4 aromatic carbocycles. The van der Waals surface area contributed by atoms with E-state index in [-0.39, 0.29) is 43.5 Å². The summed E-state index contributed by atoms with van der Waals surface area (Å²) >= 11 is 6.58. The molecule has 10 nitrogen and oxygen atoms in total. The number of H-pyrrole nitrogens is 1. The van der Waals surface area contributed by atoms with Gasteiger partial charge in [-0.2, -0.15) is 0 Å². The fourth-order valence-corrected chi connectivity index (χ4v) is 10.9. The molecule has 3 N–H and O–H groups in total. The number of aromatic amines is 1. The van der Waals surface area contributed by atoms with Gasteiger partial charge in [-0.25, -0.2) is 4.68 Å². The number of rotatable bonds is 10. The van der Waals surface area contributed by atoms with Gasteiger partial charge >= 0.3 is 0 Å². The predicted molar refractivity (Wildman–Crippen MR) is 199 cm³/mol. The smallest absolute Gasteiger partial charge is 0.279 e. The number of ether oxygens (including phenoxy) is 1. The van der Waals surface area contributed by atoms with E-state index in [2.05, 4.69) is 5.10 Å². The van der Waals surface area contributed by atoms with Crippen LogP contribution >= 0.6 is 11.6 Å². The monoisotopic (exact) mass is 724 g/mol. The van der Waals surface area contributed by atoms with Crippen molar-refractivity contribution >= 4 is 48.3 Å². The zero-order valence-corrected chi connectivity index (χ0v) is 30.5. The van der Waals surface area contributed by atoms with Crippen LogP contribution in [0.2, 0.25) is 23.7 Å². The lowest BCUT2D eigenvalue weighted by atomic mass is 9.82. The van der Waals surface area contributed by atoms with Crippen LogP contribution in [0.5, 0.6) is 0 Å². The number of aliphatic hydroxyl groups is 1. The first kappa shape index (κ1) is 34.9. The third-order valence-corrected chi connectivity index (χ3v) is 13.1. The molecule has 0 saturated carbocycles. The van der Waals surface area contributed by atoms with E-state index >= 15 is 0 Å². The summed E-state index contributed by atoms with van der Waals surface area (Å²) in [6.45, 7) is 5.99. The van der Waals surface area contributed by atoms with Crippen LogP contribution in [0.25, 0.3) is 16.6 Å². The highest BCUT2D eigenvalue weighted by atomic mass is 35.5. The lowest BCUT2D eigenvalue weighted by Gasteiger charge is -2.32. The van der Waals surface area contributed by atoms with Crippen LogP contribution in [0.1, 0.15) is 30.0 Å². The van der Waals surface area contributed by atoms with E-state index in [1.54, 1.807) is 28.0 Å². The number of nitrogens with zero attached hydrogens (tertiary/aromatic N) is 3. The van der Waals surface area contributed by atoms with E-state index in [0.29, 0.717) is 33.9 Å². The first-order valence-corrected chi connectivity index (χ1v) is 20.6. The molecule has 0 aliphatic carbocycles. The van der Waals surface area contributed by atoms with Crippen molar-refractivity contribution in [2.24, 2.45) is 5.92 Å². The molecule has 5 aromatic rings. The van der Waals surface area contributed by atoms with Gasteiger partial charge in [0, 0.05) is 35.1 Å². The number of fused-ring (bicyclic) bond motifs is 3. The first-order valence-electron chi connectivity index (χ1n) is 17.2. The number of halogens is 1. The average molecular weight is 725 g/mol. The van der Waals surface area contributed by atoms with Crippen molar-refractivity contribution < 1.29 is 24.2 Å². The molecule has 3 heterocycles. The maximum Gasteiger partial charge on any atom is 0.279 e. The summed E-state index contributed by atoms with van der Waals surface area (Å²) in [5.41, 5.74) is 2.17. The summed E-state index contributed by atoms with van der Waals surface area (Å²) in [5, 5.41) is 14.0. The third kappa shape index (κ3) is 6.23. The molecule has 4 atom stereocenters. The van der Waals surface area contributed by atoms with Crippen LogP contribution < -0.4 is 10.5 Å². The highest BCUT2D eigenvalue weighted by Crippen LogP contribution is 2.60. The third-order valence-electron chi connectivity index (χ3n) is 10.4. The molecule has 0 radical (unpaired) electrons. The zero-order chi connectivity index (χ0) is 36.1. The number of carbonyl (C=O) groups excluding carboxylic acids is 2. The molecule has 2 amide bonds. The highest BCUT2D eigenvalue weighted by Gasteiger charge is 2.66. The van der Waals surface area contributed by atoms with Gasteiger partial charge in [-0.15, -0.1) is 0 Å². The van der Waals surface area contributed by atoms with Crippen LogP contribution in [0, 0.1) is 5.92 Å². The highest BCUT2D eigenvalue weighted by molar-refractivity contribution is 6.71. The Labute approximate surface area is 302 Å². The van der Waals surface area contributed by atoms with Gasteiger partial charge in [0.15, 0.2) is 13.9 Å². The van der Waals surface area contributed by atoms with Gasteiger partial charge in [0.05, 0.1) is 48.0 Å². The summed E-state index contributed by atoms with van der Waals surface area (Å²) in [7, 11) is -3.05. The Hall–Kier alpha value is -4.52. The van der Waals surface area contributed by atoms with Gasteiger partial charge in [0.25, 0.3) is 11.5 Å². The van der Waals surface area contributed by atoms with Crippen LogP contribution in [0.15, 0.2) is 102 Å². The van der Waals surface area contributed by atoms with Gasteiger partial charge in [-0.05, 0) is 66.7 Å². The summed E-state index contributed by atoms with van der Waals surface area (Å²) in [5.74, 6) is -1.02. The molecule has 51 heavy (non-hydrogen) atoms. The van der Waals surface area contributed by atoms with Crippen LogP contribution in [-0.4, -0.2) is 64.0 Å². The molecule has 12 heteroatoms. The number of para-hydroxylation sites is 1. The van der Waals surface area contributed by atoms with E-state index in [1.807, 2.05) is 98.9 Å². The van der Waals surface area contributed by atoms with Crippen molar-refractivity contribution in [3.05, 3.63) is 129 Å². The Morgan fingerprint density at radius 2 is 1.71 bits per heavy atom. The predicted octanol–water partition coefficient (Wildman–Crippen LogP) is 5.73. The molecule has 2 aliphatic rings. The minimum atomic E-state index is -3.05. The van der Waals surface area contributed by atoms with Crippen molar-refractivity contribution in [3.8, 4) is 5.69 Å². The Bertz CT molecular complexity index is 2160. The number of amides is 2. The van der Waals surface area contributed by atoms with E-state index in [9.17, 15) is 24.3 Å². The second-order valence-corrected chi connectivity index (χ2v) is 18.5. The number of aliphatic hydroxyl groups excluding tert-OH is 1. The van der Waals surface area contributed by atoms with Gasteiger partial charge in [-0.3, -0.25) is 19.5 Å². The lowest BCUT2D eigenvalue weighted by molar-refractivity contribution is -0.150. The van der Waals surface area contributed by atoms with Crippen LogP contribution in [-0.2, 0) is 33.0 Å². The number of nitrogens with one attached hydrogen (secondary N) is 1. The van der Waals surface area contributed by atoms with Crippen molar-refractivity contribution in [1.29, 1.82) is 0 Å². The molecule has 1 spiro atoms. The first-order chi connectivity index (χ1) is 24.4. The molecular formula is C39H41ClN4O6Si. The minimum Gasteiger partial charge on any atom is -0.432 e. The molecule has 0 unspecified atom stereocenters. The standard InChI is InChI=1S/C39H41ClN4O6Si/c1-25-36(51(2,3)49)34(22-35(46)42(18-19-45)23-26-10-5-4-6-11-26)50-39(25)31-21-28(40)16-17-33(31)43(38(39)48)24-27-12-9-13-29(20-27)44-37(47)30-14-7-8-15-32(30)41-44/h4-17,20-21,25,34,36,41,45,49H,18-19,22-24H2,1-3H3/t25-,34+,36-,39+/m1/s1. The van der Waals surface area contributed by atoms with Gasteiger partial charge in [0.1, 0.15) is 0 Å². The van der Waals surface area contributed by atoms with Crippen molar-refractivity contribution in [2.75, 3.05) is 18.1 Å². The second kappa shape index (κ2) is 13.6. The van der Waals surface area contributed by atoms with Gasteiger partial charge in [-0.1, -0.05) is 73.1 Å². The summed E-state index contributed by atoms with van der Waals surface area (Å²) < 4.78 is 8.37. The largest absolute Gasteiger partial charge is 0.432 e. The Kier molecular flexibility index (Phi) is 9.27. The van der Waals surface area contributed by atoms with E-state index in [0.717, 1.165) is 16.6 Å². The van der Waals surface area contributed by atoms with Crippen LogP contribution in [0.4, 0.5) is 5.69 Å². The van der Waals surface area contributed by atoms with Crippen molar-refractivity contribution in [3.63, 3.8) is 0 Å². The molecule has 0 bridgehead atoms. The van der Waals surface area contributed by atoms with E-state index in [1.165, 1.54) is 4.68 Å². The minimum absolute atomic E-state index is 0.0644. The Morgan fingerprint density at radius 3 is 2.43 bits per heavy atom. The fourth-order valence-electron chi connectivity index (χ4n) is 8.14. The van der Waals surface area contributed by atoms with Crippen molar-refractivity contribution in [2.45, 2.75) is 56.8 Å². The lowest BCUT2D eigenvalue weighted by Crippen LogP contribution is -2.46. The summed E-state index contributed by atoms with van der Waals surface area (Å²) in [6, 6.07) is 29.6. The van der Waals surface area contributed by atoms with Gasteiger partial charge < -0.3 is 24.4 Å². The molecule has 1 aromatic heterocycles. The molecule has 7 rings (SSSR count). The number of carbonyl (C=O) groups is 2. The summed E-state index contributed by atoms with van der Waals surface area (Å²) in [4.78, 5) is 57.0. The fraction of sp³-hybridized carbons (Fsp3) is 0.308. The van der Waals surface area contributed by atoms with Gasteiger partial charge in [0.2, 0.25) is 5.91 Å². The molecule has 1 fully saturated rings. The Balaban J connectivity index is 1.22.